The molecule has 3 aliphatic rings. The second-order valence-corrected chi connectivity index (χ2v) is 29.5. The standard InChI is InChI=1S/C81H125N9O34/c1-47(2)86-70-75(119-58(15)99)72(116-55(12)96)65(44-112-53(10)94)123-79(70)109-38-35-108-33-32-105-29-26-83-67(102)41-89(42-68(103)84-27-30-106-34-37-110-80-71(87-50(7)91)76(120-59(16)100)73(117-56(13)97)66(124-80)45-113-54(11)95)63(40-61-21-23-62(24-22-61)122-69(20-18-19-25-82)90(48(3)4)49(5)6)78(104)85-28-31-107-36-39-115-81(88-51(8)92)46-114-64(43-111-52(9)93)74(118-57(14)98)77(81)121-60(17)101/h21-24,48-49,63-66,69-77,79-80,86H,1,18-20,26-46H2,2-17H3,(H,83,102)(H,84,103)(H,85,104)(H,87,91)(H,88,92). The average molecular weight is 1770 g/mol. The molecule has 0 saturated carbocycles. The Morgan fingerprint density at radius 2 is 0.919 bits per heavy atom. The van der Waals surface area contributed by atoms with E-state index in [1.54, 1.807) is 31.2 Å². The number of nitrogens with one attached hydrogen (secondary N) is 6. The first-order chi connectivity index (χ1) is 58.7. The lowest BCUT2D eigenvalue weighted by Gasteiger charge is -2.48. The Labute approximate surface area is 721 Å². The van der Waals surface area contributed by atoms with Crippen molar-refractivity contribution in [3.8, 4) is 11.8 Å². The molecule has 5 amide bonds. The largest absolute Gasteiger partial charge is 0.475 e. The lowest BCUT2D eigenvalue weighted by atomic mass is 9.93. The Balaban J connectivity index is 1.61. The number of amides is 5. The van der Waals surface area contributed by atoms with Gasteiger partial charge in [0.1, 0.15) is 56.0 Å². The summed E-state index contributed by atoms with van der Waals surface area (Å²) < 4.78 is 115. The number of rotatable bonds is 56. The Kier molecular flexibility index (Phi) is 48.3. The molecule has 124 heavy (non-hydrogen) atoms. The molecule has 43 heteroatoms. The zero-order chi connectivity index (χ0) is 92.2. The first-order valence-electron chi connectivity index (χ1n) is 40.7. The summed E-state index contributed by atoms with van der Waals surface area (Å²) in [5.74, 6) is -9.59. The third kappa shape index (κ3) is 39.6. The fourth-order valence-corrected chi connectivity index (χ4v) is 13.6. The van der Waals surface area contributed by atoms with Crippen LogP contribution in [-0.2, 0) is 164 Å². The number of unbranched alkanes of at least 4 members (excludes halogenated alkanes) is 1. The summed E-state index contributed by atoms with van der Waals surface area (Å²) in [7, 11) is 0. The number of carbonyl (C=O) groups is 14. The van der Waals surface area contributed by atoms with Gasteiger partial charge in [-0.15, -0.1) is 0 Å². The van der Waals surface area contributed by atoms with Gasteiger partial charge in [0.15, 0.2) is 55.4 Å². The zero-order valence-electron chi connectivity index (χ0n) is 73.5. The monoisotopic (exact) mass is 1770 g/mol. The van der Waals surface area contributed by atoms with E-state index in [9.17, 15) is 67.6 Å². The van der Waals surface area contributed by atoms with Gasteiger partial charge in [-0.1, -0.05) is 18.7 Å². The van der Waals surface area contributed by atoms with Gasteiger partial charge in [-0.05, 0) is 71.6 Å². The summed E-state index contributed by atoms with van der Waals surface area (Å²) in [5.41, 5.74) is -1.02. The number of esters is 9. The van der Waals surface area contributed by atoms with Crippen LogP contribution in [0.1, 0.15) is 136 Å². The minimum Gasteiger partial charge on any atom is -0.475 e. The quantitative estimate of drug-likeness (QED) is 0.0214. The first kappa shape index (κ1) is 106. The van der Waals surface area contributed by atoms with Gasteiger partial charge >= 0.3 is 53.7 Å². The maximum absolute atomic E-state index is 15.0. The van der Waals surface area contributed by atoms with Gasteiger partial charge in [-0.25, -0.2) is 0 Å². The molecule has 1 aromatic carbocycles. The minimum absolute atomic E-state index is 0.0191. The van der Waals surface area contributed by atoms with Crippen molar-refractivity contribution in [1.29, 1.82) is 5.26 Å². The van der Waals surface area contributed by atoms with E-state index in [1.165, 1.54) is 25.7 Å². The molecular weight excluding hydrogens is 1640 g/mol. The molecule has 1 aromatic rings. The van der Waals surface area contributed by atoms with E-state index >= 15 is 4.79 Å². The van der Waals surface area contributed by atoms with E-state index < -0.39 is 214 Å². The van der Waals surface area contributed by atoms with Crippen LogP contribution in [0, 0.1) is 11.3 Å². The van der Waals surface area contributed by atoms with E-state index in [2.05, 4.69) is 49.4 Å². The van der Waals surface area contributed by atoms with Crippen molar-refractivity contribution in [2.75, 3.05) is 132 Å². The van der Waals surface area contributed by atoms with Crippen LogP contribution in [0.25, 0.3) is 0 Å². The predicted molar refractivity (Wildman–Crippen MR) is 428 cm³/mol. The molecule has 0 radical (unpaired) electrons. The van der Waals surface area contributed by atoms with Crippen molar-refractivity contribution in [1.82, 2.24) is 41.7 Å². The van der Waals surface area contributed by atoms with Crippen molar-refractivity contribution in [2.45, 2.75) is 246 Å². The van der Waals surface area contributed by atoms with Crippen LogP contribution < -0.4 is 36.6 Å². The van der Waals surface area contributed by atoms with Crippen LogP contribution in [-0.4, -0.2) is 335 Å². The number of carbonyl (C=O) groups excluding carboxylic acids is 14. The van der Waals surface area contributed by atoms with Crippen molar-refractivity contribution in [2.24, 2.45) is 0 Å². The molecular formula is C81H125N9O34. The van der Waals surface area contributed by atoms with Gasteiger partial charge in [-0.3, -0.25) is 76.9 Å². The Hall–Kier alpha value is -9.85. The highest BCUT2D eigenvalue weighted by Gasteiger charge is 2.58. The number of nitrogens with zero attached hydrogens (tertiary/aromatic N) is 3. The first-order valence-corrected chi connectivity index (χ1v) is 40.7. The van der Waals surface area contributed by atoms with E-state index in [0.29, 0.717) is 36.3 Å². The van der Waals surface area contributed by atoms with Crippen molar-refractivity contribution in [3.63, 3.8) is 0 Å². The van der Waals surface area contributed by atoms with E-state index in [1.807, 2.05) is 27.7 Å². The smallest absolute Gasteiger partial charge is 0.303 e. The highest BCUT2D eigenvalue weighted by Crippen LogP contribution is 2.34. The van der Waals surface area contributed by atoms with Crippen molar-refractivity contribution >= 4 is 83.3 Å². The summed E-state index contributed by atoms with van der Waals surface area (Å²) in [5, 5.41) is 26.1. The van der Waals surface area contributed by atoms with E-state index in [-0.39, 0.29) is 117 Å². The number of ether oxygens (including phenoxy) is 20. The molecule has 698 valence electrons. The Morgan fingerprint density at radius 1 is 0.500 bits per heavy atom. The summed E-state index contributed by atoms with van der Waals surface area (Å²) in [6.45, 7) is 21.4. The summed E-state index contributed by atoms with van der Waals surface area (Å²) in [6.07, 6.45) is -13.5. The Morgan fingerprint density at radius 3 is 1.35 bits per heavy atom. The lowest BCUT2D eigenvalue weighted by molar-refractivity contribution is -0.279. The predicted octanol–water partition coefficient (Wildman–Crippen LogP) is -0.161. The highest BCUT2D eigenvalue weighted by molar-refractivity contribution is 5.86. The number of nitriles is 1. The minimum atomic E-state index is -2.00. The number of benzene rings is 1. The molecule has 3 fully saturated rings. The maximum atomic E-state index is 15.0. The molecule has 0 spiro atoms. The number of allylic oxidation sites excluding steroid dienone is 1. The second-order valence-electron chi connectivity index (χ2n) is 29.5. The molecule has 3 aliphatic heterocycles. The molecule has 4 rings (SSSR count). The van der Waals surface area contributed by atoms with Crippen LogP contribution >= 0.6 is 0 Å². The van der Waals surface area contributed by atoms with Crippen molar-refractivity contribution in [3.05, 3.63) is 42.1 Å². The third-order valence-corrected chi connectivity index (χ3v) is 18.2. The molecule has 3 heterocycles. The summed E-state index contributed by atoms with van der Waals surface area (Å²) in [6, 6.07) is 5.69. The third-order valence-electron chi connectivity index (χ3n) is 18.2. The van der Waals surface area contributed by atoms with Crippen LogP contribution in [0.5, 0.6) is 5.75 Å². The van der Waals surface area contributed by atoms with Crippen LogP contribution in [0.4, 0.5) is 0 Å². The molecule has 16 unspecified atom stereocenters. The van der Waals surface area contributed by atoms with Crippen LogP contribution in [0.3, 0.4) is 0 Å². The normalized spacial score (nSPS) is 22.7. The van der Waals surface area contributed by atoms with Gasteiger partial charge < -0.3 is 127 Å². The molecule has 43 nitrogen and oxygen atoms in total. The zero-order valence-corrected chi connectivity index (χ0v) is 73.5. The van der Waals surface area contributed by atoms with Gasteiger partial charge in [-0.2, -0.15) is 5.26 Å². The lowest BCUT2D eigenvalue weighted by Crippen LogP contribution is -2.72. The van der Waals surface area contributed by atoms with E-state index in [4.69, 9.17) is 94.7 Å². The fourth-order valence-electron chi connectivity index (χ4n) is 13.6. The van der Waals surface area contributed by atoms with Crippen LogP contribution in [0.2, 0.25) is 0 Å². The van der Waals surface area contributed by atoms with Gasteiger partial charge in [0.05, 0.1) is 104 Å². The van der Waals surface area contributed by atoms with Gasteiger partial charge in [0.2, 0.25) is 35.3 Å². The van der Waals surface area contributed by atoms with Gasteiger partial charge in [0, 0.05) is 120 Å². The SMILES string of the molecule is C=C(C)NC1C(OCCOCCOCCNC(=O)CN(CC(=O)NCCOCCOC2OC(COC(C)=O)C(OC(C)=O)C(OC(C)=O)C2NC(C)=O)C(Cc2ccc(OC(CCCC#N)N(C(C)C)C(C)C)cc2)C(=O)NCCOCCOC2(NC(C)=O)COC(COC(C)=O)C(OC(C)=O)C2OC(C)=O)OC(COC(C)=O)C(OC(C)=O)C1OC(C)=O. The fraction of sp³-hybridized carbons (Fsp3) is 0.716. The molecule has 0 aromatic heterocycles. The summed E-state index contributed by atoms with van der Waals surface area (Å²) >= 11 is 0. The second kappa shape index (κ2) is 56.2. The molecule has 0 bridgehead atoms. The average Bonchev–Trinajstić information content (AvgIpc) is 0.777. The molecule has 0 aliphatic carbocycles. The van der Waals surface area contributed by atoms with Crippen molar-refractivity contribution < 1.29 is 162 Å². The van der Waals surface area contributed by atoms with E-state index in [0.717, 1.165) is 55.4 Å². The van der Waals surface area contributed by atoms with Crippen LogP contribution in [0.15, 0.2) is 36.5 Å². The molecule has 16 atom stereocenters. The number of hydrogen-bond acceptors (Lipinski definition) is 38. The highest BCUT2D eigenvalue weighted by atomic mass is 16.7. The maximum Gasteiger partial charge on any atom is 0.303 e. The Bertz CT molecular complexity index is 3660. The topological polar surface area (TPSA) is 526 Å². The summed E-state index contributed by atoms with van der Waals surface area (Å²) in [4.78, 5) is 183. The molecule has 6 N–H and O–H groups in total. The molecule has 3 saturated heterocycles. The number of hydrogen-bond donors (Lipinski definition) is 6. The van der Waals surface area contributed by atoms with Gasteiger partial charge in [0.25, 0.3) is 0 Å².